The highest BCUT2D eigenvalue weighted by molar-refractivity contribution is 7.22. The van der Waals surface area contributed by atoms with Crippen LogP contribution in [-0.2, 0) is 4.79 Å². The summed E-state index contributed by atoms with van der Waals surface area (Å²) in [7, 11) is 1.00. The number of aliphatic hydroxyl groups excluding tert-OH is 1. The summed E-state index contributed by atoms with van der Waals surface area (Å²) < 4.78 is 0.942. The van der Waals surface area contributed by atoms with E-state index in [2.05, 4.69) is 43.6 Å². The van der Waals surface area contributed by atoms with Crippen LogP contribution in [0.5, 0.6) is 0 Å². The number of hydrogen-bond acceptors (Lipinski definition) is 8. The lowest BCUT2D eigenvalue weighted by molar-refractivity contribution is -0.117. The van der Waals surface area contributed by atoms with Gasteiger partial charge in [0.2, 0.25) is 0 Å². The molecule has 1 saturated carbocycles. The van der Waals surface area contributed by atoms with Gasteiger partial charge in [-0.15, -0.1) is 0 Å². The quantitative estimate of drug-likeness (QED) is 0.193. The monoisotopic (exact) mass is 562 g/mol. The van der Waals surface area contributed by atoms with Gasteiger partial charge in [0.05, 0.1) is 15.9 Å². The molecule has 0 aliphatic heterocycles. The Balaban J connectivity index is 0.00000216. The molecule has 0 atom stereocenters. The van der Waals surface area contributed by atoms with Crippen LogP contribution < -0.4 is 16.0 Å². The van der Waals surface area contributed by atoms with E-state index in [-0.39, 0.29) is 17.5 Å². The van der Waals surface area contributed by atoms with Crippen molar-refractivity contribution in [2.45, 2.75) is 52.5 Å². The second kappa shape index (κ2) is 14.5. The minimum Gasteiger partial charge on any atom is -0.400 e. The van der Waals surface area contributed by atoms with E-state index >= 15 is 0 Å². The Morgan fingerprint density at radius 2 is 2.02 bits per heavy atom. The summed E-state index contributed by atoms with van der Waals surface area (Å²) in [5.41, 5.74) is 4.16. The summed E-state index contributed by atoms with van der Waals surface area (Å²) in [5, 5.41) is 16.5. The summed E-state index contributed by atoms with van der Waals surface area (Å²) >= 11 is 1.42. The fourth-order valence-corrected chi connectivity index (χ4v) is 5.51. The number of nitrogens with one attached hydrogen (secondary N) is 3. The molecule has 40 heavy (non-hydrogen) atoms. The third kappa shape index (κ3) is 7.83. The highest BCUT2D eigenvalue weighted by Gasteiger charge is 2.30. The molecule has 0 radical (unpaired) electrons. The molecule has 1 fully saturated rings. The van der Waals surface area contributed by atoms with Gasteiger partial charge >= 0.3 is 6.03 Å². The lowest BCUT2D eigenvalue weighted by atomic mass is 9.75. The predicted octanol–water partition coefficient (Wildman–Crippen LogP) is 5.79. The van der Waals surface area contributed by atoms with Crippen LogP contribution >= 0.6 is 11.3 Å². The molecule has 1 aromatic carbocycles. The topological polar surface area (TPSA) is 129 Å². The number of pyridine rings is 1. The third-order valence-corrected chi connectivity index (χ3v) is 7.80. The minimum absolute atomic E-state index is 0.213. The Morgan fingerprint density at radius 1 is 1.27 bits per heavy atom. The van der Waals surface area contributed by atoms with Gasteiger partial charge in [0.25, 0.3) is 0 Å². The van der Waals surface area contributed by atoms with E-state index in [1.807, 2.05) is 51.1 Å². The van der Waals surface area contributed by atoms with Gasteiger partial charge < -0.3 is 20.5 Å². The smallest absolute Gasteiger partial charge is 0.321 e. The van der Waals surface area contributed by atoms with Crippen molar-refractivity contribution in [2.75, 3.05) is 19.0 Å². The van der Waals surface area contributed by atoms with Gasteiger partial charge in [0.1, 0.15) is 12.1 Å². The first-order chi connectivity index (χ1) is 19.3. The van der Waals surface area contributed by atoms with E-state index < -0.39 is 0 Å². The molecule has 4 N–H and O–H groups in total. The zero-order valence-corrected chi connectivity index (χ0v) is 24.3. The molecule has 0 unspecified atom stereocenters. The molecule has 2 amide bonds. The van der Waals surface area contributed by atoms with Crippen LogP contribution in [0.2, 0.25) is 0 Å². The summed E-state index contributed by atoms with van der Waals surface area (Å²) in [4.78, 5) is 37.3. The predicted molar refractivity (Wildman–Crippen MR) is 165 cm³/mol. The molecule has 2 aromatic heterocycles. The van der Waals surface area contributed by atoms with Crippen LogP contribution in [0, 0.1) is 5.41 Å². The summed E-state index contributed by atoms with van der Waals surface area (Å²) in [6.07, 6.45) is 10.2. The van der Waals surface area contributed by atoms with Crippen LogP contribution in [0.15, 0.2) is 60.0 Å². The molecule has 212 valence electrons. The maximum absolute atomic E-state index is 12.1. The summed E-state index contributed by atoms with van der Waals surface area (Å²) in [6, 6.07) is 9.86. The lowest BCUT2D eigenvalue weighted by Crippen LogP contribution is -2.36. The molecule has 2 heterocycles. The second-order valence-corrected chi connectivity index (χ2v) is 10.7. The molecule has 0 saturated heterocycles. The number of fused-ring (bicyclic) bond motifs is 1. The number of allylic oxidation sites excluding steroid dienone is 2. The zero-order valence-electron chi connectivity index (χ0n) is 23.5. The van der Waals surface area contributed by atoms with Crippen molar-refractivity contribution in [3.05, 3.63) is 60.6 Å². The number of aliphatic hydroxyl groups is 1. The fourth-order valence-electron chi connectivity index (χ4n) is 4.54. The van der Waals surface area contributed by atoms with Crippen molar-refractivity contribution in [3.63, 3.8) is 0 Å². The van der Waals surface area contributed by atoms with Crippen molar-refractivity contribution in [1.29, 1.82) is 0 Å². The number of urea groups is 1. The first kappa shape index (κ1) is 30.6. The average Bonchev–Trinajstić information content (AvgIpc) is 3.38. The highest BCUT2D eigenvalue weighted by Crippen LogP contribution is 2.37. The maximum Gasteiger partial charge on any atom is 0.321 e. The minimum atomic E-state index is -0.285. The number of hydrogen-bond donors (Lipinski definition) is 4. The van der Waals surface area contributed by atoms with Crippen LogP contribution in [0.3, 0.4) is 0 Å². The second-order valence-electron chi connectivity index (χ2n) is 9.73. The standard InChI is InChI=1S/C29H34N6O2S.CH4O/c1-5-20(17-32-19(3)33-22-10-12-29(4,18-36)13-11-22)21-15-23(24-9-7-8-14-31-24)26-25(16-21)34-28(38-26)35-27(37)30-6-2;1-2/h5,7-9,14-18,22,33H,3,6,10-13H2,1-2,4H3,(H2,30,34,35,37);2H,1H3/b20-5+,32-17-;. The van der Waals surface area contributed by atoms with Gasteiger partial charge in [-0.25, -0.2) is 14.8 Å². The van der Waals surface area contributed by atoms with E-state index in [1.165, 1.54) is 11.3 Å². The van der Waals surface area contributed by atoms with Crippen LogP contribution in [0.1, 0.15) is 52.0 Å². The molecular weight excluding hydrogens is 524 g/mol. The number of nitrogens with zero attached hydrogens (tertiary/aromatic N) is 3. The van der Waals surface area contributed by atoms with Gasteiger partial charge in [-0.3, -0.25) is 10.3 Å². The Labute approximate surface area is 239 Å². The number of anilines is 1. The van der Waals surface area contributed by atoms with Crippen molar-refractivity contribution in [2.24, 2.45) is 10.4 Å². The number of thiazole rings is 1. The molecule has 1 aliphatic rings. The van der Waals surface area contributed by atoms with E-state index in [9.17, 15) is 9.59 Å². The van der Waals surface area contributed by atoms with E-state index in [1.54, 1.807) is 12.4 Å². The number of rotatable bonds is 9. The number of aldehydes is 1. The normalized spacial score (nSPS) is 19.0. The van der Waals surface area contributed by atoms with Crippen LogP contribution in [0.25, 0.3) is 27.0 Å². The number of carbonyl (C=O) groups is 2. The molecule has 0 spiro atoms. The Bertz CT molecular complexity index is 1370. The van der Waals surface area contributed by atoms with Gasteiger partial charge in [-0.05, 0) is 74.9 Å². The number of benzene rings is 1. The Hall–Kier alpha value is -3.89. The van der Waals surface area contributed by atoms with Gasteiger partial charge in [0, 0.05) is 43.1 Å². The summed E-state index contributed by atoms with van der Waals surface area (Å²) in [5.74, 6) is 0.595. The molecule has 1 aliphatic carbocycles. The Kier molecular flexibility index (Phi) is 11.1. The highest BCUT2D eigenvalue weighted by atomic mass is 32.1. The van der Waals surface area contributed by atoms with E-state index in [0.29, 0.717) is 17.5 Å². The summed E-state index contributed by atoms with van der Waals surface area (Å²) in [6.45, 7) is 10.5. The van der Waals surface area contributed by atoms with Crippen molar-refractivity contribution in [1.82, 2.24) is 20.6 Å². The van der Waals surface area contributed by atoms with Gasteiger partial charge in [-0.1, -0.05) is 37.0 Å². The van der Waals surface area contributed by atoms with Gasteiger partial charge in [0.15, 0.2) is 5.13 Å². The molecule has 9 nitrogen and oxygen atoms in total. The third-order valence-electron chi connectivity index (χ3n) is 6.78. The molecule has 3 aromatic rings. The Morgan fingerprint density at radius 3 is 2.65 bits per heavy atom. The van der Waals surface area contributed by atoms with Crippen molar-refractivity contribution >= 4 is 50.8 Å². The van der Waals surface area contributed by atoms with Gasteiger partial charge in [-0.2, -0.15) is 0 Å². The maximum atomic E-state index is 12.1. The first-order valence-corrected chi connectivity index (χ1v) is 14.1. The molecule has 0 bridgehead atoms. The van der Waals surface area contributed by atoms with E-state index in [4.69, 9.17) is 5.11 Å². The van der Waals surface area contributed by atoms with Crippen LogP contribution in [-0.4, -0.2) is 53.3 Å². The fraction of sp³-hybridized carbons (Fsp3) is 0.367. The average molecular weight is 563 g/mol. The first-order valence-electron chi connectivity index (χ1n) is 13.3. The number of aromatic nitrogens is 2. The SMILES string of the molecule is C=C(/N=C\C(=C/C)c1cc(-c2ccccn2)c2sc(NC(=O)NCC)nc2c1)NC1CCC(C)(C=O)CC1.CO. The molecular formula is C30H38N6O3S. The number of carbonyl (C=O) groups excluding carboxylic acids is 2. The van der Waals surface area contributed by atoms with Crippen molar-refractivity contribution in [3.8, 4) is 11.3 Å². The number of amides is 2. The van der Waals surface area contributed by atoms with Crippen molar-refractivity contribution < 1.29 is 14.7 Å². The largest absolute Gasteiger partial charge is 0.400 e. The lowest BCUT2D eigenvalue weighted by Gasteiger charge is -2.33. The number of aliphatic imine (C=N–C) groups is 1. The van der Waals surface area contributed by atoms with E-state index in [0.717, 1.165) is 71.7 Å². The molecule has 4 rings (SSSR count). The molecule has 10 heteroatoms. The van der Waals surface area contributed by atoms with Crippen LogP contribution in [0.4, 0.5) is 9.93 Å². The zero-order chi connectivity index (χ0) is 29.1.